The highest BCUT2D eigenvalue weighted by Crippen LogP contribution is 2.17. The summed E-state index contributed by atoms with van der Waals surface area (Å²) in [5, 5.41) is 0. The zero-order chi connectivity index (χ0) is 13.7. The topological polar surface area (TPSA) is 68.5 Å². The summed E-state index contributed by atoms with van der Waals surface area (Å²) in [6.07, 6.45) is 3.39. The predicted molar refractivity (Wildman–Crippen MR) is 72.8 cm³/mol. The molecule has 1 aliphatic heterocycles. The minimum Gasteiger partial charge on any atom is -0.482 e. The highest BCUT2D eigenvalue weighted by Gasteiger charge is 2.17. The van der Waals surface area contributed by atoms with Gasteiger partial charge in [-0.05, 0) is 38.3 Å². The van der Waals surface area contributed by atoms with Crippen molar-refractivity contribution >= 4 is 5.91 Å². The molecule has 0 saturated carbocycles. The molecule has 1 saturated heterocycles. The van der Waals surface area contributed by atoms with Crippen LogP contribution in [0.4, 0.5) is 0 Å². The molecule has 104 valence electrons. The lowest BCUT2D eigenvalue weighted by atomic mass is 10.1. The van der Waals surface area contributed by atoms with Gasteiger partial charge in [-0.25, -0.2) is 0 Å². The Kier molecular flexibility index (Phi) is 4.74. The van der Waals surface area contributed by atoms with Crippen molar-refractivity contribution in [2.75, 3.05) is 19.7 Å². The van der Waals surface area contributed by atoms with Gasteiger partial charge in [0.05, 0.1) is 5.69 Å². The third-order valence-corrected chi connectivity index (χ3v) is 3.32. The fourth-order valence-corrected chi connectivity index (χ4v) is 2.25. The van der Waals surface area contributed by atoms with Crippen molar-refractivity contribution in [3.8, 4) is 5.75 Å². The minimum atomic E-state index is 0.0447. The van der Waals surface area contributed by atoms with Crippen LogP contribution in [0.15, 0.2) is 12.1 Å². The molecule has 0 aromatic carbocycles. The van der Waals surface area contributed by atoms with Crippen molar-refractivity contribution < 1.29 is 9.53 Å². The Bertz CT molecular complexity index is 442. The molecule has 1 amide bonds. The number of amides is 1. The summed E-state index contributed by atoms with van der Waals surface area (Å²) >= 11 is 0. The van der Waals surface area contributed by atoms with E-state index in [0.29, 0.717) is 18.0 Å². The van der Waals surface area contributed by atoms with E-state index in [-0.39, 0.29) is 12.5 Å². The van der Waals surface area contributed by atoms with Crippen LogP contribution < -0.4 is 10.5 Å². The Balaban J connectivity index is 1.92. The molecule has 0 radical (unpaired) electrons. The van der Waals surface area contributed by atoms with Crippen molar-refractivity contribution in [3.63, 3.8) is 0 Å². The molecule has 2 N–H and O–H groups in total. The van der Waals surface area contributed by atoms with Gasteiger partial charge in [-0.2, -0.15) is 0 Å². The molecule has 0 spiro atoms. The molecule has 5 nitrogen and oxygen atoms in total. The summed E-state index contributed by atoms with van der Waals surface area (Å²) in [7, 11) is 0. The molecule has 0 aliphatic carbocycles. The maximum atomic E-state index is 12.0. The molecule has 1 aliphatic rings. The van der Waals surface area contributed by atoms with E-state index in [4.69, 9.17) is 10.5 Å². The quantitative estimate of drug-likeness (QED) is 0.887. The lowest BCUT2D eigenvalue weighted by Gasteiger charge is -2.26. The number of aromatic nitrogens is 1. The van der Waals surface area contributed by atoms with Crippen molar-refractivity contribution in [2.24, 2.45) is 5.73 Å². The smallest absolute Gasteiger partial charge is 0.260 e. The van der Waals surface area contributed by atoms with Crippen molar-refractivity contribution in [2.45, 2.75) is 32.7 Å². The second-order valence-electron chi connectivity index (χ2n) is 4.83. The van der Waals surface area contributed by atoms with E-state index < -0.39 is 0 Å². The van der Waals surface area contributed by atoms with Gasteiger partial charge in [0.1, 0.15) is 5.75 Å². The number of carbonyl (C=O) groups is 1. The molecule has 1 fully saturated rings. The average Bonchev–Trinajstić information content (AvgIpc) is 2.46. The first-order valence-electron chi connectivity index (χ1n) is 6.78. The standard InChI is InChI=1S/C14H21N3O2/c1-11-5-6-13(12(9-15)16-11)19-10-14(18)17-7-3-2-4-8-17/h5-6H,2-4,7-10,15H2,1H3. The number of likely N-dealkylation sites (tertiary alicyclic amines) is 1. The molecule has 1 aromatic heterocycles. The van der Waals surface area contributed by atoms with Gasteiger partial charge in [-0.15, -0.1) is 0 Å². The Morgan fingerprint density at radius 1 is 1.37 bits per heavy atom. The van der Waals surface area contributed by atoms with Gasteiger partial charge in [0.2, 0.25) is 0 Å². The first-order chi connectivity index (χ1) is 9.20. The normalized spacial score (nSPS) is 15.4. The van der Waals surface area contributed by atoms with Gasteiger partial charge in [0, 0.05) is 25.3 Å². The Labute approximate surface area is 113 Å². The first kappa shape index (κ1) is 13.8. The maximum absolute atomic E-state index is 12.0. The van der Waals surface area contributed by atoms with Gasteiger partial charge < -0.3 is 15.4 Å². The number of nitrogens with zero attached hydrogens (tertiary/aromatic N) is 2. The first-order valence-corrected chi connectivity index (χ1v) is 6.78. The largest absolute Gasteiger partial charge is 0.482 e. The summed E-state index contributed by atoms with van der Waals surface area (Å²) in [4.78, 5) is 18.2. The van der Waals surface area contributed by atoms with Gasteiger partial charge in [0.15, 0.2) is 6.61 Å². The zero-order valence-corrected chi connectivity index (χ0v) is 11.4. The molecular weight excluding hydrogens is 242 g/mol. The third kappa shape index (κ3) is 3.67. The SMILES string of the molecule is Cc1ccc(OCC(=O)N2CCCCC2)c(CN)n1. The van der Waals surface area contributed by atoms with E-state index in [1.54, 1.807) is 0 Å². The predicted octanol–water partition coefficient (Wildman–Crippen LogP) is 1.24. The molecule has 2 heterocycles. The number of piperidine rings is 1. The van der Waals surface area contributed by atoms with E-state index in [1.165, 1.54) is 6.42 Å². The Hall–Kier alpha value is -1.62. The lowest BCUT2D eigenvalue weighted by Crippen LogP contribution is -2.38. The van der Waals surface area contributed by atoms with E-state index in [9.17, 15) is 4.79 Å². The number of carbonyl (C=O) groups excluding carboxylic acids is 1. The Morgan fingerprint density at radius 2 is 2.11 bits per heavy atom. The number of hydrogen-bond acceptors (Lipinski definition) is 4. The third-order valence-electron chi connectivity index (χ3n) is 3.32. The molecule has 1 aromatic rings. The summed E-state index contributed by atoms with van der Waals surface area (Å²) < 4.78 is 5.56. The summed E-state index contributed by atoms with van der Waals surface area (Å²) in [5.74, 6) is 0.654. The summed E-state index contributed by atoms with van der Waals surface area (Å²) in [6.45, 7) is 3.98. The van der Waals surface area contributed by atoms with Crippen LogP contribution in [0.5, 0.6) is 5.75 Å². The lowest BCUT2D eigenvalue weighted by molar-refractivity contribution is -0.134. The van der Waals surface area contributed by atoms with Crippen molar-refractivity contribution in [1.29, 1.82) is 0 Å². The van der Waals surface area contributed by atoms with Crippen LogP contribution in [0, 0.1) is 6.92 Å². The number of rotatable bonds is 4. The molecule has 0 atom stereocenters. The highest BCUT2D eigenvalue weighted by molar-refractivity contribution is 5.77. The second-order valence-corrected chi connectivity index (χ2v) is 4.83. The summed E-state index contributed by atoms with van der Waals surface area (Å²) in [6, 6.07) is 3.69. The van der Waals surface area contributed by atoms with Crippen LogP contribution in [0.2, 0.25) is 0 Å². The van der Waals surface area contributed by atoms with E-state index in [0.717, 1.165) is 31.6 Å². The van der Waals surface area contributed by atoms with Crippen molar-refractivity contribution in [3.05, 3.63) is 23.5 Å². The molecule has 0 bridgehead atoms. The number of ether oxygens (including phenoxy) is 1. The van der Waals surface area contributed by atoms with Gasteiger partial charge >= 0.3 is 0 Å². The molecule has 5 heteroatoms. The fraction of sp³-hybridized carbons (Fsp3) is 0.571. The number of hydrogen-bond donors (Lipinski definition) is 1. The van der Waals surface area contributed by atoms with Gasteiger partial charge in [-0.3, -0.25) is 9.78 Å². The van der Waals surface area contributed by atoms with Crippen LogP contribution in [-0.2, 0) is 11.3 Å². The highest BCUT2D eigenvalue weighted by atomic mass is 16.5. The average molecular weight is 263 g/mol. The molecule has 2 rings (SSSR count). The fourth-order valence-electron chi connectivity index (χ4n) is 2.25. The van der Waals surface area contributed by atoms with Crippen LogP contribution in [-0.4, -0.2) is 35.5 Å². The molecule has 0 unspecified atom stereocenters. The second kappa shape index (κ2) is 6.52. The number of nitrogens with two attached hydrogens (primary N) is 1. The van der Waals surface area contributed by atoms with Gasteiger partial charge in [0.25, 0.3) is 5.91 Å². The van der Waals surface area contributed by atoms with Crippen molar-refractivity contribution in [1.82, 2.24) is 9.88 Å². The maximum Gasteiger partial charge on any atom is 0.260 e. The molecule has 19 heavy (non-hydrogen) atoms. The van der Waals surface area contributed by atoms with E-state index in [2.05, 4.69) is 4.98 Å². The monoisotopic (exact) mass is 263 g/mol. The van der Waals surface area contributed by atoms with Gasteiger partial charge in [-0.1, -0.05) is 0 Å². The molecular formula is C14H21N3O2. The van der Waals surface area contributed by atoms with E-state index >= 15 is 0 Å². The van der Waals surface area contributed by atoms with Crippen LogP contribution in [0.25, 0.3) is 0 Å². The van der Waals surface area contributed by atoms with Crippen LogP contribution in [0.3, 0.4) is 0 Å². The number of aryl methyl sites for hydroxylation is 1. The minimum absolute atomic E-state index is 0.0447. The summed E-state index contributed by atoms with van der Waals surface area (Å²) in [5.41, 5.74) is 7.23. The van der Waals surface area contributed by atoms with E-state index in [1.807, 2.05) is 24.0 Å². The van der Waals surface area contributed by atoms with Crippen LogP contribution >= 0.6 is 0 Å². The van der Waals surface area contributed by atoms with Crippen LogP contribution in [0.1, 0.15) is 30.7 Å². The zero-order valence-electron chi connectivity index (χ0n) is 11.4. The number of pyridine rings is 1. The Morgan fingerprint density at radius 3 is 2.79 bits per heavy atom.